The summed E-state index contributed by atoms with van der Waals surface area (Å²) in [6, 6.07) is 13.8. The smallest absolute Gasteiger partial charge is 0.315 e. The summed E-state index contributed by atoms with van der Waals surface area (Å²) in [4.78, 5) is 13.7. The molecule has 0 aliphatic rings. The van der Waals surface area contributed by atoms with Crippen molar-refractivity contribution >= 4 is 11.7 Å². The number of rotatable bonds is 8. The number of benzene rings is 2. The third kappa shape index (κ3) is 5.76. The number of amides is 2. The van der Waals surface area contributed by atoms with E-state index in [4.69, 9.17) is 0 Å². The quantitative estimate of drug-likeness (QED) is 0.645. The summed E-state index contributed by atoms with van der Waals surface area (Å²) in [6.45, 7) is 1.43. The first-order valence-corrected chi connectivity index (χ1v) is 8.27. The van der Waals surface area contributed by atoms with Gasteiger partial charge >= 0.3 is 6.03 Å². The number of anilines is 1. The molecule has 25 heavy (non-hydrogen) atoms. The van der Waals surface area contributed by atoms with Gasteiger partial charge in [0.25, 0.3) is 0 Å². The zero-order valence-electron chi connectivity index (χ0n) is 14.3. The van der Waals surface area contributed by atoms with Gasteiger partial charge in [-0.2, -0.15) is 0 Å². The van der Waals surface area contributed by atoms with Crippen LogP contribution in [0.2, 0.25) is 0 Å². The van der Waals surface area contributed by atoms with E-state index in [2.05, 4.69) is 10.6 Å². The average Bonchev–Trinajstić information content (AvgIpc) is 2.64. The van der Waals surface area contributed by atoms with Gasteiger partial charge in [-0.05, 0) is 29.7 Å². The van der Waals surface area contributed by atoms with Crippen LogP contribution >= 0.6 is 0 Å². The predicted molar refractivity (Wildman–Crippen MR) is 96.9 cm³/mol. The lowest BCUT2D eigenvalue weighted by Gasteiger charge is -2.19. The highest BCUT2D eigenvalue weighted by Gasteiger charge is 2.07. The Morgan fingerprint density at radius 2 is 1.76 bits per heavy atom. The second-order valence-corrected chi connectivity index (χ2v) is 5.76. The minimum atomic E-state index is -0.263. The molecule has 2 aromatic carbocycles. The number of hydrogen-bond acceptors (Lipinski definition) is 3. The van der Waals surface area contributed by atoms with Crippen molar-refractivity contribution in [1.29, 1.82) is 0 Å². The van der Waals surface area contributed by atoms with Crippen LogP contribution in [0.4, 0.5) is 14.9 Å². The van der Waals surface area contributed by atoms with Crippen molar-refractivity contribution in [2.45, 2.75) is 19.6 Å². The molecule has 0 radical (unpaired) electrons. The SMILES string of the molecule is CN(CCCNC(=O)NCc1ccccc1CO)c1ccccc1F. The maximum absolute atomic E-state index is 13.7. The fourth-order valence-corrected chi connectivity index (χ4v) is 2.52. The summed E-state index contributed by atoms with van der Waals surface area (Å²) in [5.41, 5.74) is 2.24. The van der Waals surface area contributed by atoms with Crippen molar-refractivity contribution in [1.82, 2.24) is 10.6 Å². The van der Waals surface area contributed by atoms with E-state index in [-0.39, 0.29) is 18.5 Å². The molecule has 0 aliphatic carbocycles. The molecule has 2 rings (SSSR count). The van der Waals surface area contributed by atoms with Crippen molar-refractivity contribution < 1.29 is 14.3 Å². The Bertz CT molecular complexity index is 694. The summed E-state index contributed by atoms with van der Waals surface area (Å²) < 4.78 is 13.7. The topological polar surface area (TPSA) is 64.6 Å². The Kier molecular flexibility index (Phi) is 7.22. The van der Waals surface area contributed by atoms with Crippen LogP contribution in [0, 0.1) is 5.82 Å². The highest BCUT2D eigenvalue weighted by atomic mass is 19.1. The van der Waals surface area contributed by atoms with Gasteiger partial charge in [-0.15, -0.1) is 0 Å². The van der Waals surface area contributed by atoms with Crippen LogP contribution in [0.25, 0.3) is 0 Å². The molecule has 0 atom stereocenters. The van der Waals surface area contributed by atoms with E-state index in [0.29, 0.717) is 31.7 Å². The molecular formula is C19H24FN3O2. The van der Waals surface area contributed by atoms with E-state index in [1.807, 2.05) is 36.2 Å². The fourth-order valence-electron chi connectivity index (χ4n) is 2.52. The maximum Gasteiger partial charge on any atom is 0.315 e. The molecule has 2 amide bonds. The van der Waals surface area contributed by atoms with Gasteiger partial charge in [0.1, 0.15) is 5.82 Å². The highest BCUT2D eigenvalue weighted by molar-refractivity contribution is 5.73. The number of urea groups is 1. The monoisotopic (exact) mass is 345 g/mol. The van der Waals surface area contributed by atoms with Crippen LogP contribution in [0.3, 0.4) is 0 Å². The molecule has 0 unspecified atom stereocenters. The molecule has 6 heteroatoms. The molecular weight excluding hydrogens is 321 g/mol. The summed E-state index contributed by atoms with van der Waals surface area (Å²) in [7, 11) is 1.82. The number of carbonyl (C=O) groups excluding carboxylic acids is 1. The lowest BCUT2D eigenvalue weighted by atomic mass is 10.1. The van der Waals surface area contributed by atoms with E-state index in [9.17, 15) is 14.3 Å². The van der Waals surface area contributed by atoms with E-state index in [1.165, 1.54) is 6.07 Å². The molecule has 0 bridgehead atoms. The Morgan fingerprint density at radius 3 is 2.48 bits per heavy atom. The first-order valence-electron chi connectivity index (χ1n) is 8.27. The molecule has 0 fully saturated rings. The predicted octanol–water partition coefficient (Wildman–Crippen LogP) is 2.64. The molecule has 5 nitrogen and oxygen atoms in total. The molecule has 0 saturated carbocycles. The van der Waals surface area contributed by atoms with Crippen molar-refractivity contribution in [2.75, 3.05) is 25.0 Å². The van der Waals surface area contributed by atoms with Gasteiger partial charge in [0, 0.05) is 26.7 Å². The number of carbonyl (C=O) groups is 1. The van der Waals surface area contributed by atoms with E-state index < -0.39 is 0 Å². The molecule has 2 aromatic rings. The third-order valence-corrected chi connectivity index (χ3v) is 3.95. The summed E-state index contributed by atoms with van der Waals surface area (Å²) in [6.07, 6.45) is 0.700. The molecule has 0 heterocycles. The minimum absolute atomic E-state index is 0.0537. The normalized spacial score (nSPS) is 10.4. The number of nitrogens with one attached hydrogen (secondary N) is 2. The number of hydrogen-bond donors (Lipinski definition) is 3. The number of para-hydroxylation sites is 1. The van der Waals surface area contributed by atoms with E-state index >= 15 is 0 Å². The fraction of sp³-hybridized carbons (Fsp3) is 0.316. The molecule has 0 spiro atoms. The summed E-state index contributed by atoms with van der Waals surface area (Å²) in [5.74, 6) is -0.252. The molecule has 0 aromatic heterocycles. The maximum atomic E-state index is 13.7. The second-order valence-electron chi connectivity index (χ2n) is 5.76. The van der Waals surface area contributed by atoms with Crippen LogP contribution in [0.1, 0.15) is 17.5 Å². The lowest BCUT2D eigenvalue weighted by molar-refractivity contribution is 0.240. The average molecular weight is 345 g/mol. The zero-order valence-corrected chi connectivity index (χ0v) is 14.3. The van der Waals surface area contributed by atoms with Crippen molar-refractivity contribution in [3.05, 3.63) is 65.5 Å². The van der Waals surface area contributed by atoms with E-state index in [0.717, 1.165) is 11.1 Å². The Hall–Kier alpha value is -2.60. The second kappa shape index (κ2) is 9.64. The van der Waals surface area contributed by atoms with Gasteiger partial charge in [-0.1, -0.05) is 36.4 Å². The Morgan fingerprint density at radius 1 is 1.08 bits per heavy atom. The van der Waals surface area contributed by atoms with Crippen molar-refractivity contribution in [3.8, 4) is 0 Å². The van der Waals surface area contributed by atoms with Crippen LogP contribution in [-0.2, 0) is 13.2 Å². The van der Waals surface area contributed by atoms with Gasteiger partial charge in [0.05, 0.1) is 12.3 Å². The molecule has 0 saturated heterocycles. The first kappa shape index (κ1) is 18.7. The largest absolute Gasteiger partial charge is 0.392 e. The number of aliphatic hydroxyl groups excluding tert-OH is 1. The van der Waals surface area contributed by atoms with Gasteiger partial charge < -0.3 is 20.6 Å². The van der Waals surface area contributed by atoms with Crippen LogP contribution in [0.5, 0.6) is 0 Å². The van der Waals surface area contributed by atoms with E-state index in [1.54, 1.807) is 18.2 Å². The number of halogens is 1. The van der Waals surface area contributed by atoms with Crippen molar-refractivity contribution in [2.24, 2.45) is 0 Å². The summed E-state index contributed by atoms with van der Waals surface area (Å²) in [5, 5.41) is 14.8. The van der Waals surface area contributed by atoms with Crippen molar-refractivity contribution in [3.63, 3.8) is 0 Å². The zero-order chi connectivity index (χ0) is 18.1. The van der Waals surface area contributed by atoms with Gasteiger partial charge in [0.2, 0.25) is 0 Å². The van der Waals surface area contributed by atoms with Gasteiger partial charge in [-0.3, -0.25) is 0 Å². The molecule has 134 valence electrons. The number of aliphatic hydroxyl groups is 1. The molecule has 3 N–H and O–H groups in total. The standard InChI is InChI=1S/C19H24FN3O2/c1-23(18-10-5-4-9-17(18)20)12-6-11-21-19(25)22-13-15-7-2-3-8-16(15)14-24/h2-5,7-10,24H,6,11-14H2,1H3,(H2,21,22,25). The van der Waals surface area contributed by atoms with Crippen LogP contribution in [-0.4, -0.2) is 31.3 Å². The Labute approximate surface area is 147 Å². The first-order chi connectivity index (χ1) is 12.1. The van der Waals surface area contributed by atoms with Crippen LogP contribution in [0.15, 0.2) is 48.5 Å². The third-order valence-electron chi connectivity index (χ3n) is 3.95. The highest BCUT2D eigenvalue weighted by Crippen LogP contribution is 2.16. The lowest BCUT2D eigenvalue weighted by Crippen LogP contribution is -2.36. The summed E-state index contributed by atoms with van der Waals surface area (Å²) >= 11 is 0. The van der Waals surface area contributed by atoms with Gasteiger partial charge in [-0.25, -0.2) is 9.18 Å². The number of nitrogens with zero attached hydrogens (tertiary/aromatic N) is 1. The van der Waals surface area contributed by atoms with Crippen LogP contribution < -0.4 is 15.5 Å². The minimum Gasteiger partial charge on any atom is -0.392 e. The molecule has 0 aliphatic heterocycles. The van der Waals surface area contributed by atoms with Gasteiger partial charge in [0.15, 0.2) is 0 Å². The Balaban J connectivity index is 1.68.